The van der Waals surface area contributed by atoms with Gasteiger partial charge in [-0.15, -0.1) is 5.10 Å². The van der Waals surface area contributed by atoms with Gasteiger partial charge in [-0.1, -0.05) is 18.2 Å². The first kappa shape index (κ1) is 49.6. The van der Waals surface area contributed by atoms with E-state index in [1.807, 2.05) is 26.0 Å². The molecule has 22 heteroatoms. The van der Waals surface area contributed by atoms with Crippen LogP contribution in [0, 0.1) is 31.4 Å². The summed E-state index contributed by atoms with van der Waals surface area (Å²) in [5.41, 5.74) is 6.57. The Bertz CT molecular complexity index is 3090. The number of alkyl halides is 6. The fraction of sp³-hybridized carbons (Fsp3) is 0.333. The van der Waals surface area contributed by atoms with Gasteiger partial charge >= 0.3 is 12.4 Å². The number of nitrogens with one attached hydrogen (secondary N) is 3. The lowest BCUT2D eigenvalue weighted by atomic mass is 9.98. The lowest BCUT2D eigenvalue weighted by Gasteiger charge is -2.14. The molecule has 70 heavy (non-hydrogen) atoms. The SMILES string of the molecule is COc1ccc(Oc2cc(NCCC(F)(F)F)c3ncc(-c4ccc(C(=O)CC5CC5)c(C)c4)n3n2)c(F)c1F.Cc1cc(-c2cnc3c(NCCC(F)(F)F)cc(Br)nn23)ccc1C(=O)NC1CC1. The third kappa shape index (κ3) is 11.9. The predicted molar refractivity (Wildman–Crippen MR) is 247 cm³/mol. The number of amides is 1. The number of Topliss-reactive ketones (excluding diaryl/α,β-unsaturated/α-hetero) is 1. The molecule has 3 N–H and O–H groups in total. The number of fused-ring (bicyclic) bond motifs is 2. The Hall–Kier alpha value is -6.84. The van der Waals surface area contributed by atoms with Crippen LogP contribution in [0.2, 0.25) is 0 Å². The number of imidazole rings is 2. The zero-order valence-corrected chi connectivity index (χ0v) is 39.3. The number of aromatic nitrogens is 6. The van der Waals surface area contributed by atoms with Crippen molar-refractivity contribution in [3.05, 3.63) is 112 Å². The van der Waals surface area contributed by atoms with Crippen LogP contribution in [-0.2, 0) is 0 Å². The zero-order chi connectivity index (χ0) is 50.1. The van der Waals surface area contributed by atoms with Crippen molar-refractivity contribution in [2.75, 3.05) is 30.8 Å². The minimum absolute atomic E-state index is 0.0726. The summed E-state index contributed by atoms with van der Waals surface area (Å²) in [5, 5.41) is 17.2. The smallest absolute Gasteiger partial charge is 0.390 e. The molecule has 4 heterocycles. The molecule has 0 bridgehead atoms. The zero-order valence-electron chi connectivity index (χ0n) is 37.7. The molecule has 0 saturated heterocycles. The Morgan fingerprint density at radius 3 is 1.77 bits per heavy atom. The molecule has 2 saturated carbocycles. The third-order valence-corrected chi connectivity index (χ3v) is 11.8. The number of ether oxygens (including phenoxy) is 2. The van der Waals surface area contributed by atoms with Crippen molar-refractivity contribution < 1.29 is 54.2 Å². The minimum atomic E-state index is -4.39. The fourth-order valence-corrected chi connectivity index (χ4v) is 7.92. The van der Waals surface area contributed by atoms with E-state index in [-0.39, 0.29) is 47.2 Å². The van der Waals surface area contributed by atoms with Crippen LogP contribution < -0.4 is 25.4 Å². The topological polar surface area (TPSA) is 149 Å². The minimum Gasteiger partial charge on any atom is -0.494 e. The number of methoxy groups -OCH3 is 1. The van der Waals surface area contributed by atoms with E-state index in [4.69, 9.17) is 9.47 Å². The molecule has 0 radical (unpaired) electrons. The van der Waals surface area contributed by atoms with Crippen LogP contribution in [-0.4, -0.2) is 79.5 Å². The normalized spacial score (nSPS) is 13.8. The first-order valence-electron chi connectivity index (χ1n) is 22.1. The summed E-state index contributed by atoms with van der Waals surface area (Å²) in [6, 6.07) is 16.2. The number of carbonyl (C=O) groups is 2. The molecule has 9 rings (SSSR count). The van der Waals surface area contributed by atoms with Gasteiger partial charge in [0.25, 0.3) is 5.91 Å². The van der Waals surface area contributed by atoms with Gasteiger partial charge < -0.3 is 25.4 Å². The Morgan fingerprint density at radius 2 is 1.24 bits per heavy atom. The van der Waals surface area contributed by atoms with Crippen molar-refractivity contribution in [3.8, 4) is 39.9 Å². The van der Waals surface area contributed by atoms with Gasteiger partial charge in [-0.2, -0.15) is 40.2 Å². The average Bonchev–Trinajstić information content (AvgIpc) is 4.21. The molecule has 2 fully saturated rings. The number of rotatable bonds is 16. The number of aryl methyl sites for hydroxylation is 2. The molecule has 0 atom stereocenters. The average molecular weight is 1040 g/mol. The predicted octanol–water partition coefficient (Wildman–Crippen LogP) is 11.9. The number of hydrogen-bond donors (Lipinski definition) is 3. The summed E-state index contributed by atoms with van der Waals surface area (Å²) in [4.78, 5) is 33.7. The lowest BCUT2D eigenvalue weighted by molar-refractivity contribution is -0.132. The van der Waals surface area contributed by atoms with E-state index in [2.05, 4.69) is 52.0 Å². The van der Waals surface area contributed by atoms with Gasteiger partial charge in [0, 0.05) is 53.9 Å². The second kappa shape index (κ2) is 20.2. The maximum absolute atomic E-state index is 14.6. The van der Waals surface area contributed by atoms with E-state index < -0.39 is 49.1 Å². The molecule has 0 spiro atoms. The molecule has 2 aliphatic rings. The monoisotopic (exact) mass is 1040 g/mol. The van der Waals surface area contributed by atoms with E-state index in [0.29, 0.717) is 56.4 Å². The Kier molecular flexibility index (Phi) is 14.3. The molecule has 7 aromatic rings. The molecule has 2 aliphatic carbocycles. The quantitative estimate of drug-likeness (QED) is 0.0631. The highest BCUT2D eigenvalue weighted by molar-refractivity contribution is 9.10. The van der Waals surface area contributed by atoms with Gasteiger partial charge in [0.2, 0.25) is 17.5 Å². The van der Waals surface area contributed by atoms with Crippen LogP contribution in [0.1, 0.15) is 76.8 Å². The highest BCUT2D eigenvalue weighted by Crippen LogP contribution is 2.36. The van der Waals surface area contributed by atoms with Gasteiger partial charge in [0.15, 0.2) is 28.6 Å². The Morgan fingerprint density at radius 1 is 0.714 bits per heavy atom. The van der Waals surface area contributed by atoms with Crippen LogP contribution in [0.3, 0.4) is 0 Å². The molecule has 0 unspecified atom stereocenters. The van der Waals surface area contributed by atoms with Gasteiger partial charge in [-0.25, -0.2) is 19.0 Å². The van der Waals surface area contributed by atoms with Crippen LogP contribution in [0.5, 0.6) is 17.4 Å². The maximum Gasteiger partial charge on any atom is 0.390 e. The molecule has 0 aliphatic heterocycles. The molecule has 3 aromatic carbocycles. The number of ketones is 1. The number of hydrogen-bond acceptors (Lipinski definition) is 10. The summed E-state index contributed by atoms with van der Waals surface area (Å²) in [5.74, 6) is -3.20. The van der Waals surface area contributed by atoms with Crippen molar-refractivity contribution in [3.63, 3.8) is 0 Å². The van der Waals surface area contributed by atoms with Crippen molar-refractivity contribution in [2.45, 2.75) is 77.2 Å². The van der Waals surface area contributed by atoms with E-state index in [1.165, 1.54) is 30.0 Å². The summed E-state index contributed by atoms with van der Waals surface area (Å²) >= 11 is 3.31. The van der Waals surface area contributed by atoms with E-state index >= 15 is 0 Å². The molecule has 1 amide bonds. The molecular weight excluding hydrogens is 998 g/mol. The van der Waals surface area contributed by atoms with Crippen LogP contribution in [0.25, 0.3) is 33.8 Å². The van der Waals surface area contributed by atoms with Gasteiger partial charge in [0.1, 0.15) is 4.60 Å². The Labute approximate surface area is 403 Å². The second-order valence-corrected chi connectivity index (χ2v) is 17.8. The van der Waals surface area contributed by atoms with Crippen LogP contribution in [0.4, 0.5) is 46.5 Å². The van der Waals surface area contributed by atoms with Crippen LogP contribution >= 0.6 is 15.9 Å². The Balaban J connectivity index is 0.000000196. The summed E-state index contributed by atoms with van der Waals surface area (Å²) in [7, 11) is 1.19. The lowest BCUT2D eigenvalue weighted by Crippen LogP contribution is -2.26. The van der Waals surface area contributed by atoms with E-state index in [0.717, 1.165) is 48.4 Å². The van der Waals surface area contributed by atoms with Crippen molar-refractivity contribution in [1.29, 1.82) is 0 Å². The summed E-state index contributed by atoms with van der Waals surface area (Å²) < 4.78 is 118. The highest BCUT2D eigenvalue weighted by atomic mass is 79.9. The van der Waals surface area contributed by atoms with Crippen molar-refractivity contribution in [1.82, 2.24) is 34.5 Å². The van der Waals surface area contributed by atoms with Crippen molar-refractivity contribution >= 4 is 50.3 Å². The molecule has 13 nitrogen and oxygen atoms in total. The molecule has 4 aromatic heterocycles. The fourth-order valence-electron chi connectivity index (χ4n) is 7.53. The third-order valence-electron chi connectivity index (χ3n) is 11.4. The van der Waals surface area contributed by atoms with Crippen LogP contribution in [0.15, 0.2) is 77.7 Å². The first-order chi connectivity index (χ1) is 33.2. The molecular formula is C48H44BrF8N9O4. The summed E-state index contributed by atoms with van der Waals surface area (Å²) in [6.45, 7) is 2.96. The van der Waals surface area contributed by atoms with Gasteiger partial charge in [0.05, 0.1) is 55.1 Å². The summed E-state index contributed by atoms with van der Waals surface area (Å²) in [6.07, 6.45) is -2.93. The number of benzene rings is 3. The van der Waals surface area contributed by atoms with Crippen molar-refractivity contribution in [2.24, 2.45) is 5.92 Å². The second-order valence-electron chi connectivity index (χ2n) is 17.0. The first-order valence-corrected chi connectivity index (χ1v) is 22.8. The number of carbonyl (C=O) groups excluding carboxylic acids is 2. The van der Waals surface area contributed by atoms with Gasteiger partial charge in [-0.3, -0.25) is 9.59 Å². The van der Waals surface area contributed by atoms with E-state index in [1.54, 1.807) is 41.0 Å². The number of anilines is 2. The number of nitrogens with zero attached hydrogens (tertiary/aromatic N) is 6. The number of halogens is 9. The maximum atomic E-state index is 14.6. The highest BCUT2D eigenvalue weighted by Gasteiger charge is 2.29. The van der Waals surface area contributed by atoms with Gasteiger partial charge in [-0.05, 0) is 109 Å². The van der Waals surface area contributed by atoms with E-state index in [9.17, 15) is 44.7 Å². The standard InChI is InChI=1S/C28H25F5N4O3.C20H19BrF3N5O/c1-15-11-17(5-6-18(15)21(38)12-16-3-4-16)20-14-35-27-19(34-10-9-28(31,32)33)13-24(36-37(20)27)40-23-8-7-22(39-2)25(29)26(23)30;1-11-8-12(2-5-14(11)19(30)27-13-3-4-13)16-10-26-18-15(9-17(21)28-29(16)18)25-7-6-20(22,23)24/h5-8,11,13-14,16,34H,3-4,9-10,12H2,1-2H3;2,5,8-10,13,25H,3-4,6-7H2,1H3,(H,27,30). The largest absolute Gasteiger partial charge is 0.494 e. The molecule has 368 valence electrons.